The summed E-state index contributed by atoms with van der Waals surface area (Å²) in [5.41, 5.74) is 9.58. The number of aliphatic imine (C=N–C) groups is 1. The number of nitrogens with one attached hydrogen (secondary N) is 1. The molecule has 4 nitrogen and oxygen atoms in total. The maximum absolute atomic E-state index is 6.12. The standard InChI is InChI=1S/C20H24BrN3O/c1-15-2-8-18(9-3-15)24-19(22)23-14-20(10-12-25-13-11-20)16-4-6-17(21)7-5-16/h2-9H,10-14H2,1H3,(H3,22,23,24). The van der Waals surface area contributed by atoms with Crippen LogP contribution in [0, 0.1) is 6.92 Å². The Morgan fingerprint density at radius 2 is 1.76 bits per heavy atom. The first-order chi connectivity index (χ1) is 12.1. The molecule has 0 radical (unpaired) electrons. The van der Waals surface area contributed by atoms with Crippen LogP contribution in [-0.4, -0.2) is 25.7 Å². The van der Waals surface area contributed by atoms with Crippen LogP contribution in [0.3, 0.4) is 0 Å². The Hall–Kier alpha value is -1.85. The molecule has 0 saturated carbocycles. The van der Waals surface area contributed by atoms with E-state index in [9.17, 15) is 0 Å². The van der Waals surface area contributed by atoms with E-state index in [0.29, 0.717) is 12.5 Å². The van der Waals surface area contributed by atoms with Crippen LogP contribution in [0.4, 0.5) is 5.69 Å². The third-order valence-corrected chi connectivity index (χ3v) is 5.31. The normalized spacial score (nSPS) is 17.3. The minimum absolute atomic E-state index is 0.0154. The second-order valence-electron chi connectivity index (χ2n) is 6.59. The van der Waals surface area contributed by atoms with E-state index in [0.717, 1.165) is 36.2 Å². The zero-order valence-corrected chi connectivity index (χ0v) is 16.1. The molecule has 0 bridgehead atoms. The molecule has 132 valence electrons. The topological polar surface area (TPSA) is 59.6 Å². The van der Waals surface area contributed by atoms with Crippen LogP contribution in [0.15, 0.2) is 58.0 Å². The van der Waals surface area contributed by atoms with Gasteiger partial charge in [-0.15, -0.1) is 0 Å². The first-order valence-corrected chi connectivity index (χ1v) is 9.34. The molecule has 1 heterocycles. The molecule has 3 N–H and O–H groups in total. The summed E-state index contributed by atoms with van der Waals surface area (Å²) in [6.07, 6.45) is 1.91. The van der Waals surface area contributed by atoms with Crippen molar-refractivity contribution in [1.82, 2.24) is 0 Å². The number of nitrogens with two attached hydrogens (primary N) is 1. The molecule has 25 heavy (non-hydrogen) atoms. The van der Waals surface area contributed by atoms with Gasteiger partial charge in [0.05, 0.1) is 6.54 Å². The minimum Gasteiger partial charge on any atom is -0.381 e. The number of rotatable bonds is 4. The number of ether oxygens (including phenoxy) is 1. The number of aryl methyl sites for hydroxylation is 1. The van der Waals surface area contributed by atoms with Crippen LogP contribution >= 0.6 is 15.9 Å². The number of halogens is 1. The number of hydrogen-bond acceptors (Lipinski definition) is 2. The lowest BCUT2D eigenvalue weighted by Crippen LogP contribution is -2.38. The summed E-state index contributed by atoms with van der Waals surface area (Å²) < 4.78 is 6.66. The highest BCUT2D eigenvalue weighted by Crippen LogP contribution is 2.35. The molecule has 1 aliphatic heterocycles. The van der Waals surface area contributed by atoms with Crippen molar-refractivity contribution in [2.45, 2.75) is 25.2 Å². The van der Waals surface area contributed by atoms with E-state index in [1.165, 1.54) is 11.1 Å². The summed E-state index contributed by atoms with van der Waals surface area (Å²) in [5.74, 6) is 0.451. The third kappa shape index (κ3) is 4.61. The molecule has 0 aliphatic carbocycles. The lowest BCUT2D eigenvalue weighted by Gasteiger charge is -2.36. The monoisotopic (exact) mass is 401 g/mol. The molecular formula is C20H24BrN3O. The van der Waals surface area contributed by atoms with Crippen LogP contribution in [0.1, 0.15) is 24.0 Å². The van der Waals surface area contributed by atoms with Gasteiger partial charge < -0.3 is 15.8 Å². The van der Waals surface area contributed by atoms with Gasteiger partial charge >= 0.3 is 0 Å². The van der Waals surface area contributed by atoms with E-state index in [1.54, 1.807) is 0 Å². The SMILES string of the molecule is Cc1ccc(NC(N)=NCC2(c3ccc(Br)cc3)CCOCC2)cc1. The van der Waals surface area contributed by atoms with Gasteiger partial charge in [-0.05, 0) is 49.6 Å². The predicted octanol–water partition coefficient (Wildman–Crippen LogP) is 4.23. The molecule has 0 amide bonds. The van der Waals surface area contributed by atoms with Crippen molar-refractivity contribution in [2.75, 3.05) is 25.1 Å². The fourth-order valence-electron chi connectivity index (χ4n) is 3.16. The average molecular weight is 402 g/mol. The van der Waals surface area contributed by atoms with Crippen molar-refractivity contribution in [3.8, 4) is 0 Å². The Labute approximate surface area is 157 Å². The van der Waals surface area contributed by atoms with Crippen molar-refractivity contribution in [3.05, 3.63) is 64.1 Å². The second kappa shape index (κ2) is 8.02. The van der Waals surface area contributed by atoms with Crippen LogP contribution in [0.2, 0.25) is 0 Å². The number of nitrogens with zero attached hydrogens (tertiary/aromatic N) is 1. The van der Waals surface area contributed by atoms with Gasteiger partial charge in [0.1, 0.15) is 0 Å². The van der Waals surface area contributed by atoms with Gasteiger partial charge in [-0.2, -0.15) is 0 Å². The third-order valence-electron chi connectivity index (χ3n) is 4.78. The van der Waals surface area contributed by atoms with E-state index in [2.05, 4.69) is 69.6 Å². The zero-order chi connectivity index (χ0) is 17.7. The van der Waals surface area contributed by atoms with Crippen LogP contribution < -0.4 is 11.1 Å². The minimum atomic E-state index is -0.0154. The highest BCUT2D eigenvalue weighted by molar-refractivity contribution is 9.10. The lowest BCUT2D eigenvalue weighted by atomic mass is 9.74. The molecule has 1 aliphatic rings. The van der Waals surface area contributed by atoms with Crippen molar-refractivity contribution < 1.29 is 4.74 Å². The van der Waals surface area contributed by atoms with E-state index >= 15 is 0 Å². The first-order valence-electron chi connectivity index (χ1n) is 8.55. The van der Waals surface area contributed by atoms with Gasteiger partial charge in [0.25, 0.3) is 0 Å². The van der Waals surface area contributed by atoms with E-state index in [4.69, 9.17) is 10.5 Å². The molecule has 1 fully saturated rings. The van der Waals surface area contributed by atoms with E-state index in [-0.39, 0.29) is 5.41 Å². The molecule has 2 aromatic carbocycles. The fraction of sp³-hybridized carbons (Fsp3) is 0.350. The van der Waals surface area contributed by atoms with Gasteiger partial charge in [-0.1, -0.05) is 45.8 Å². The molecule has 2 aromatic rings. The highest BCUT2D eigenvalue weighted by Gasteiger charge is 2.34. The second-order valence-corrected chi connectivity index (χ2v) is 7.51. The number of hydrogen-bond donors (Lipinski definition) is 2. The maximum Gasteiger partial charge on any atom is 0.193 e. The molecule has 1 saturated heterocycles. The number of benzene rings is 2. The summed E-state index contributed by atoms with van der Waals surface area (Å²) in [5, 5.41) is 3.18. The summed E-state index contributed by atoms with van der Waals surface area (Å²) >= 11 is 3.51. The summed E-state index contributed by atoms with van der Waals surface area (Å²) in [4.78, 5) is 4.65. The maximum atomic E-state index is 6.12. The summed E-state index contributed by atoms with van der Waals surface area (Å²) in [6, 6.07) is 16.7. The largest absolute Gasteiger partial charge is 0.381 e. The van der Waals surface area contributed by atoms with E-state index in [1.807, 2.05) is 12.1 Å². The first kappa shape index (κ1) is 18.0. The van der Waals surface area contributed by atoms with Gasteiger partial charge in [0, 0.05) is 28.8 Å². The lowest BCUT2D eigenvalue weighted by molar-refractivity contribution is 0.0531. The summed E-state index contributed by atoms with van der Waals surface area (Å²) in [6.45, 7) is 4.24. The number of guanidine groups is 1. The average Bonchev–Trinajstić information content (AvgIpc) is 2.63. The molecule has 0 unspecified atom stereocenters. The van der Waals surface area contributed by atoms with Crippen LogP contribution in [0.25, 0.3) is 0 Å². The van der Waals surface area contributed by atoms with Crippen LogP contribution in [-0.2, 0) is 10.2 Å². The zero-order valence-electron chi connectivity index (χ0n) is 14.5. The van der Waals surface area contributed by atoms with Crippen molar-refractivity contribution in [1.29, 1.82) is 0 Å². The molecule has 0 spiro atoms. The van der Waals surface area contributed by atoms with Crippen molar-refractivity contribution in [2.24, 2.45) is 10.7 Å². The highest BCUT2D eigenvalue weighted by atomic mass is 79.9. The Morgan fingerprint density at radius 3 is 2.40 bits per heavy atom. The molecule has 3 rings (SSSR count). The molecule has 5 heteroatoms. The Kier molecular flexibility index (Phi) is 5.76. The Morgan fingerprint density at radius 1 is 1.12 bits per heavy atom. The molecular weight excluding hydrogens is 378 g/mol. The van der Waals surface area contributed by atoms with Gasteiger partial charge in [-0.3, -0.25) is 4.99 Å². The van der Waals surface area contributed by atoms with Gasteiger partial charge in [0.15, 0.2) is 5.96 Å². The van der Waals surface area contributed by atoms with Crippen LogP contribution in [0.5, 0.6) is 0 Å². The number of anilines is 1. The van der Waals surface area contributed by atoms with E-state index < -0.39 is 0 Å². The Bertz CT molecular complexity index is 720. The quantitative estimate of drug-likeness (QED) is 0.594. The van der Waals surface area contributed by atoms with Crippen molar-refractivity contribution in [3.63, 3.8) is 0 Å². The fourth-order valence-corrected chi connectivity index (χ4v) is 3.43. The van der Waals surface area contributed by atoms with Crippen molar-refractivity contribution >= 4 is 27.6 Å². The van der Waals surface area contributed by atoms with Gasteiger partial charge in [0.2, 0.25) is 0 Å². The van der Waals surface area contributed by atoms with Gasteiger partial charge in [-0.25, -0.2) is 0 Å². The molecule has 0 aromatic heterocycles. The predicted molar refractivity (Wildman–Crippen MR) is 107 cm³/mol. The summed E-state index contributed by atoms with van der Waals surface area (Å²) in [7, 11) is 0. The Balaban J connectivity index is 1.75. The smallest absolute Gasteiger partial charge is 0.193 e. The molecule has 0 atom stereocenters.